The number of nitrogens with one attached hydrogen (secondary N) is 2. The van der Waals surface area contributed by atoms with Crippen LogP contribution in [0.2, 0.25) is 5.02 Å². The van der Waals surface area contributed by atoms with Gasteiger partial charge in [0.05, 0.1) is 33.9 Å². The van der Waals surface area contributed by atoms with Crippen molar-refractivity contribution >= 4 is 40.4 Å². The Morgan fingerprint density at radius 2 is 1.89 bits per heavy atom. The van der Waals surface area contributed by atoms with Crippen LogP contribution in [0.5, 0.6) is 0 Å². The van der Waals surface area contributed by atoms with Crippen LogP contribution in [-0.4, -0.2) is 49.4 Å². The van der Waals surface area contributed by atoms with Gasteiger partial charge in [-0.1, -0.05) is 11.6 Å². The Morgan fingerprint density at radius 1 is 1.14 bits per heavy atom. The Hall–Kier alpha value is -2.66. The molecule has 2 aromatic heterocycles. The highest BCUT2D eigenvalue weighted by Gasteiger charge is 2.31. The van der Waals surface area contributed by atoms with Gasteiger partial charge >= 0.3 is 0 Å². The number of piperidine rings is 1. The zero-order valence-electron chi connectivity index (χ0n) is 20.3. The van der Waals surface area contributed by atoms with Crippen molar-refractivity contribution in [3.63, 3.8) is 0 Å². The highest BCUT2D eigenvalue weighted by Crippen LogP contribution is 2.39. The highest BCUT2D eigenvalue weighted by molar-refractivity contribution is 6.36. The van der Waals surface area contributed by atoms with Gasteiger partial charge in [-0.05, 0) is 63.1 Å². The first kappa shape index (κ1) is 24.1. The van der Waals surface area contributed by atoms with Gasteiger partial charge in [0.2, 0.25) is 5.95 Å². The van der Waals surface area contributed by atoms with E-state index in [4.69, 9.17) is 28.1 Å². The van der Waals surface area contributed by atoms with Gasteiger partial charge in [0.25, 0.3) is 0 Å². The number of fused-ring (bicyclic) bond motifs is 1. The molecule has 1 aliphatic carbocycles. The molecule has 0 atom stereocenters. The molecule has 1 saturated heterocycles. The number of imidazole rings is 1. The Kier molecular flexibility index (Phi) is 6.47. The van der Waals surface area contributed by atoms with Gasteiger partial charge in [-0.25, -0.2) is 9.50 Å². The molecular weight excluding hydrogens is 466 g/mol. The quantitative estimate of drug-likeness (QED) is 0.316. The molecule has 3 aromatic rings. The molecule has 7 N–H and O–H groups in total. The van der Waals surface area contributed by atoms with E-state index in [2.05, 4.69) is 25.6 Å². The van der Waals surface area contributed by atoms with Gasteiger partial charge in [-0.15, -0.1) is 5.10 Å². The topological polar surface area (TPSA) is 143 Å². The molecule has 2 aliphatic rings. The molecule has 35 heavy (non-hydrogen) atoms. The molecule has 0 radical (unpaired) electrons. The SMILES string of the molecule is CC(C)(O)C1CCN(c2cc(CN)cc(Nc3nc(NC4CC4)c4ncc(CN)n4n3)c2Cl)CC1. The molecule has 0 spiro atoms. The molecule has 0 amide bonds. The van der Waals surface area contributed by atoms with Gasteiger partial charge in [0.1, 0.15) is 0 Å². The van der Waals surface area contributed by atoms with E-state index in [9.17, 15) is 5.11 Å². The maximum atomic E-state index is 10.4. The van der Waals surface area contributed by atoms with Crippen LogP contribution in [0, 0.1) is 5.92 Å². The molecule has 11 heteroatoms. The summed E-state index contributed by atoms with van der Waals surface area (Å²) in [5.41, 5.74) is 15.3. The monoisotopic (exact) mass is 499 g/mol. The van der Waals surface area contributed by atoms with E-state index in [0.717, 1.165) is 55.7 Å². The van der Waals surface area contributed by atoms with E-state index < -0.39 is 5.60 Å². The number of halogens is 1. The minimum absolute atomic E-state index is 0.261. The first-order chi connectivity index (χ1) is 16.8. The van der Waals surface area contributed by atoms with Crippen LogP contribution in [0.1, 0.15) is 50.8 Å². The van der Waals surface area contributed by atoms with Gasteiger partial charge in [0, 0.05) is 32.2 Å². The standard InChI is InChI=1S/C24H34ClN9O/c1-24(2,35)15-5-7-33(8-6-15)19-10-14(11-26)9-18(20(19)25)30-23-31-21(29-16-3-4-16)22-28-13-17(12-27)34(22)32-23/h9-10,13,15-16,35H,3-8,11-12,26-27H2,1-2H3,(H2,29,30,31,32). The summed E-state index contributed by atoms with van der Waals surface area (Å²) in [4.78, 5) is 11.4. The number of aromatic nitrogens is 4. The summed E-state index contributed by atoms with van der Waals surface area (Å²) >= 11 is 6.93. The minimum atomic E-state index is -0.681. The molecule has 0 unspecified atom stereocenters. The lowest BCUT2D eigenvalue weighted by Crippen LogP contribution is -2.42. The summed E-state index contributed by atoms with van der Waals surface area (Å²) in [7, 11) is 0. The number of hydrogen-bond donors (Lipinski definition) is 5. The number of rotatable bonds is 8. The fourth-order valence-corrected chi connectivity index (χ4v) is 4.97. The van der Waals surface area contributed by atoms with E-state index in [1.54, 1.807) is 10.7 Å². The number of benzene rings is 1. The lowest BCUT2D eigenvalue weighted by atomic mass is 9.83. The van der Waals surface area contributed by atoms with E-state index >= 15 is 0 Å². The van der Waals surface area contributed by atoms with Gasteiger partial charge in [-0.3, -0.25) is 0 Å². The van der Waals surface area contributed by atoms with Crippen molar-refractivity contribution in [1.29, 1.82) is 0 Å². The minimum Gasteiger partial charge on any atom is -0.390 e. The predicted molar refractivity (Wildman–Crippen MR) is 139 cm³/mol. The van der Waals surface area contributed by atoms with E-state index in [0.29, 0.717) is 47.3 Å². The largest absolute Gasteiger partial charge is 0.390 e. The Balaban J connectivity index is 1.46. The highest BCUT2D eigenvalue weighted by atomic mass is 35.5. The summed E-state index contributed by atoms with van der Waals surface area (Å²) in [6.45, 7) is 6.10. The van der Waals surface area contributed by atoms with Gasteiger partial charge in [0.15, 0.2) is 11.5 Å². The predicted octanol–water partition coefficient (Wildman–Crippen LogP) is 3.00. The third-order valence-electron chi connectivity index (χ3n) is 6.99. The maximum Gasteiger partial charge on any atom is 0.247 e. The van der Waals surface area contributed by atoms with Crippen molar-refractivity contribution in [1.82, 2.24) is 19.6 Å². The third kappa shape index (κ3) is 5.02. The van der Waals surface area contributed by atoms with E-state index in [1.165, 1.54) is 0 Å². The Bertz CT molecular complexity index is 1210. The van der Waals surface area contributed by atoms with Crippen molar-refractivity contribution in [2.45, 2.75) is 64.3 Å². The Morgan fingerprint density at radius 3 is 2.51 bits per heavy atom. The first-order valence-electron chi connectivity index (χ1n) is 12.2. The first-order valence-corrected chi connectivity index (χ1v) is 12.6. The average molecular weight is 500 g/mol. The van der Waals surface area contributed by atoms with Crippen LogP contribution in [0.3, 0.4) is 0 Å². The average Bonchev–Trinajstić information content (AvgIpc) is 3.56. The molecule has 2 fully saturated rings. The van der Waals surface area contributed by atoms with E-state index in [1.807, 2.05) is 26.0 Å². The third-order valence-corrected chi connectivity index (χ3v) is 7.39. The number of hydrogen-bond acceptors (Lipinski definition) is 9. The van der Waals surface area contributed by atoms with Crippen molar-refractivity contribution in [2.24, 2.45) is 17.4 Å². The number of nitrogens with zero attached hydrogens (tertiary/aromatic N) is 5. The van der Waals surface area contributed by atoms with Crippen LogP contribution in [0.15, 0.2) is 18.3 Å². The zero-order chi connectivity index (χ0) is 24.7. The molecule has 1 aliphatic heterocycles. The zero-order valence-corrected chi connectivity index (χ0v) is 21.0. The molecule has 0 bridgehead atoms. The van der Waals surface area contributed by atoms with Crippen LogP contribution in [0.4, 0.5) is 23.1 Å². The van der Waals surface area contributed by atoms with Gasteiger partial charge in [-0.2, -0.15) is 4.98 Å². The molecule has 188 valence electrons. The second-order valence-electron chi connectivity index (χ2n) is 10.1. The van der Waals surface area contributed by atoms with Crippen LogP contribution >= 0.6 is 11.6 Å². The normalized spacial score (nSPS) is 17.3. The van der Waals surface area contributed by atoms with Crippen molar-refractivity contribution in [2.75, 3.05) is 28.6 Å². The van der Waals surface area contributed by atoms with Crippen molar-refractivity contribution < 1.29 is 5.11 Å². The molecule has 5 rings (SSSR count). The molecule has 3 heterocycles. The summed E-state index contributed by atoms with van der Waals surface area (Å²) in [6, 6.07) is 4.39. The number of nitrogens with two attached hydrogens (primary N) is 2. The molecule has 1 aromatic carbocycles. The lowest BCUT2D eigenvalue weighted by Gasteiger charge is -2.39. The Labute approximate surface area is 210 Å². The number of anilines is 4. The van der Waals surface area contributed by atoms with Crippen LogP contribution in [0.25, 0.3) is 5.65 Å². The molecular formula is C24H34ClN9O. The maximum absolute atomic E-state index is 10.4. The summed E-state index contributed by atoms with van der Waals surface area (Å²) < 4.78 is 1.73. The number of aliphatic hydroxyl groups is 1. The smallest absolute Gasteiger partial charge is 0.247 e. The van der Waals surface area contributed by atoms with Crippen LogP contribution in [-0.2, 0) is 13.1 Å². The van der Waals surface area contributed by atoms with Gasteiger partial charge < -0.3 is 32.1 Å². The second-order valence-corrected chi connectivity index (χ2v) is 10.5. The summed E-state index contributed by atoms with van der Waals surface area (Å²) in [5, 5.41) is 22.4. The molecule has 10 nitrogen and oxygen atoms in total. The van der Waals surface area contributed by atoms with Crippen LogP contribution < -0.4 is 27.0 Å². The van der Waals surface area contributed by atoms with E-state index in [-0.39, 0.29) is 5.92 Å². The fourth-order valence-electron chi connectivity index (χ4n) is 4.69. The summed E-state index contributed by atoms with van der Waals surface area (Å²) in [5.74, 6) is 1.33. The summed E-state index contributed by atoms with van der Waals surface area (Å²) in [6.07, 6.45) is 5.74. The van der Waals surface area contributed by atoms with Crippen molar-refractivity contribution in [3.05, 3.63) is 34.6 Å². The van der Waals surface area contributed by atoms with Crippen molar-refractivity contribution in [3.8, 4) is 0 Å². The lowest BCUT2D eigenvalue weighted by molar-refractivity contribution is 0.00652. The molecule has 1 saturated carbocycles. The fraction of sp³-hybridized carbons (Fsp3) is 0.542. The second kappa shape index (κ2) is 9.42.